The highest BCUT2D eigenvalue weighted by Crippen LogP contribution is 2.49. The minimum absolute atomic E-state index is 0.0510. The molecule has 0 saturated carbocycles. The average Bonchev–Trinajstić information content (AvgIpc) is 0.766. The number of amides is 9. The topological polar surface area (TPSA) is 495 Å². The van der Waals surface area contributed by atoms with Gasteiger partial charge in [-0.05, 0) is 129 Å². The van der Waals surface area contributed by atoms with Gasteiger partial charge in [0.15, 0.2) is 11.5 Å². The number of likely N-dealkylation sites (N-methyl/N-ethyl adjacent to an activating group) is 1. The van der Waals surface area contributed by atoms with E-state index < -0.39 is 219 Å². The van der Waals surface area contributed by atoms with Gasteiger partial charge in [0.1, 0.15) is 113 Å². The van der Waals surface area contributed by atoms with Gasteiger partial charge in [0.25, 0.3) is 0 Å². The molecule has 18 N–H and O–H groups in total. The van der Waals surface area contributed by atoms with Gasteiger partial charge in [-0.3, -0.25) is 43.3 Å². The van der Waals surface area contributed by atoms with Crippen LogP contribution >= 0.6 is 23.2 Å². The fourth-order valence-corrected chi connectivity index (χ4v) is 12.1. The SMILES string of the molecule is CC(C)C[C@H](C(=O)NC1C(=O)NC(CC(N)=O)C(=O)NC2C(=O)N[C@H]3C(=O)N[C@H](C(=O)N[C@@H](C(=O)NC(C)C)c4cc(O)cc(O)c4-c4cc3ccc4O)[C@H](O)c3ccc(c(Cl)c3)Oc3cc2cc(c3O[C@H]2O[C@H](CO)[C@@H](O)[C@H](O)[C@H]2O)Oc2ccc(cc2Cl)[C@H]1O)N(C)C(=O)OC(C)(C)C. The Kier molecular flexibility index (Phi) is 22.9. The number of halogens is 2. The second-order valence-electron chi connectivity index (χ2n) is 26.3. The summed E-state index contributed by atoms with van der Waals surface area (Å²) in [5.41, 5.74) is 2.29. The third-order valence-corrected chi connectivity index (χ3v) is 17.2. The first kappa shape index (κ1) is 75.4. The molecule has 6 heterocycles. The number of hydrogen-bond acceptors (Lipinski definition) is 23. The number of carbonyl (C=O) groups is 9. The van der Waals surface area contributed by atoms with Crippen molar-refractivity contribution in [2.45, 2.75) is 158 Å². The molecule has 6 aliphatic rings. The summed E-state index contributed by atoms with van der Waals surface area (Å²) in [6, 6.07) is -1.22. The lowest BCUT2D eigenvalue weighted by Gasteiger charge is -2.39. The number of aromatic hydroxyl groups is 3. The molecule has 101 heavy (non-hydrogen) atoms. The van der Waals surface area contributed by atoms with Crippen LogP contribution < -0.4 is 57.2 Å². The van der Waals surface area contributed by atoms with Gasteiger partial charge in [-0.25, -0.2) is 4.79 Å². The number of benzene rings is 5. The second-order valence-corrected chi connectivity index (χ2v) is 27.1. The average molecular weight is 1450 g/mol. The van der Waals surface area contributed by atoms with Crippen LogP contribution in [-0.4, -0.2) is 184 Å². The van der Waals surface area contributed by atoms with Gasteiger partial charge < -0.3 is 113 Å². The lowest BCUT2D eigenvalue weighted by molar-refractivity contribution is -0.277. The molecule has 0 aromatic heterocycles. The molecule has 32 nitrogen and oxygen atoms in total. The highest BCUT2D eigenvalue weighted by molar-refractivity contribution is 6.32. The Balaban J connectivity index is 1.30. The maximum atomic E-state index is 16.0. The number of aliphatic hydroxyl groups excluding tert-OH is 6. The van der Waals surface area contributed by atoms with Crippen LogP contribution in [0.3, 0.4) is 0 Å². The van der Waals surface area contributed by atoms with Crippen molar-refractivity contribution in [2.75, 3.05) is 13.7 Å². The van der Waals surface area contributed by atoms with E-state index in [4.69, 9.17) is 52.6 Å². The fraction of sp³-hybridized carbons (Fsp3) is 0.418. The summed E-state index contributed by atoms with van der Waals surface area (Å²) in [6.45, 7) is 10.4. The van der Waals surface area contributed by atoms with Crippen LogP contribution in [0, 0.1) is 5.92 Å². The molecule has 1 fully saturated rings. The van der Waals surface area contributed by atoms with E-state index in [0.717, 1.165) is 71.6 Å². The molecule has 9 amide bonds. The van der Waals surface area contributed by atoms with Gasteiger partial charge in [-0.1, -0.05) is 55.2 Å². The van der Waals surface area contributed by atoms with E-state index in [-0.39, 0.29) is 51.7 Å². The number of aliphatic hydroxyl groups is 6. The van der Waals surface area contributed by atoms with Gasteiger partial charge in [0, 0.05) is 30.3 Å². The summed E-state index contributed by atoms with van der Waals surface area (Å²) < 4.78 is 30.6. The fourth-order valence-electron chi connectivity index (χ4n) is 11.6. The molecule has 14 atom stereocenters. The number of fused-ring (bicyclic) bond motifs is 15. The third kappa shape index (κ3) is 16.8. The number of hydrogen-bond donors (Lipinski definition) is 17. The summed E-state index contributed by atoms with van der Waals surface area (Å²) in [6.07, 6.45) is -16.3. The van der Waals surface area contributed by atoms with Gasteiger partial charge >= 0.3 is 6.09 Å². The van der Waals surface area contributed by atoms with Crippen molar-refractivity contribution in [2.24, 2.45) is 11.7 Å². The van der Waals surface area contributed by atoms with Crippen molar-refractivity contribution in [3.8, 4) is 57.1 Å². The Morgan fingerprint density at radius 3 is 1.82 bits per heavy atom. The number of nitrogens with zero attached hydrogens (tertiary/aromatic N) is 1. The first-order valence-electron chi connectivity index (χ1n) is 31.7. The molecule has 542 valence electrons. The third-order valence-electron chi connectivity index (χ3n) is 16.6. The predicted octanol–water partition coefficient (Wildman–Crippen LogP) is 1.96. The summed E-state index contributed by atoms with van der Waals surface area (Å²) in [4.78, 5) is 134. The molecule has 3 unspecified atom stereocenters. The largest absolute Gasteiger partial charge is 0.508 e. The number of phenols is 3. The molecule has 11 bridgehead atoms. The number of nitrogens with one attached hydrogen (secondary N) is 7. The molecule has 11 rings (SSSR count). The lowest BCUT2D eigenvalue weighted by Crippen LogP contribution is -2.60. The number of rotatable bonds is 12. The van der Waals surface area contributed by atoms with Gasteiger partial charge in [-0.15, -0.1) is 0 Å². The van der Waals surface area contributed by atoms with E-state index in [1.807, 2.05) is 0 Å². The van der Waals surface area contributed by atoms with Crippen molar-refractivity contribution in [1.29, 1.82) is 0 Å². The minimum Gasteiger partial charge on any atom is -0.508 e. The van der Waals surface area contributed by atoms with E-state index in [0.29, 0.717) is 0 Å². The number of phenolic OH excluding ortho intramolecular Hbond substituents is 3. The highest BCUT2D eigenvalue weighted by atomic mass is 35.5. The van der Waals surface area contributed by atoms with Crippen molar-refractivity contribution >= 4 is 76.6 Å². The van der Waals surface area contributed by atoms with E-state index in [2.05, 4.69) is 37.2 Å². The maximum absolute atomic E-state index is 16.0. The van der Waals surface area contributed by atoms with Crippen LogP contribution in [0.4, 0.5) is 4.79 Å². The van der Waals surface area contributed by atoms with Crippen LogP contribution in [0.1, 0.15) is 119 Å². The lowest BCUT2D eigenvalue weighted by atomic mass is 9.89. The molecular weight excluding hydrogens is 1370 g/mol. The number of ether oxygens (including phenoxy) is 5. The molecule has 0 radical (unpaired) electrons. The smallest absolute Gasteiger partial charge is 0.410 e. The summed E-state index contributed by atoms with van der Waals surface area (Å²) >= 11 is 14.0. The molecule has 5 aromatic rings. The van der Waals surface area contributed by atoms with Gasteiger partial charge in [0.05, 0.1) is 23.1 Å². The number of nitrogens with two attached hydrogens (primary N) is 1. The minimum atomic E-state index is -2.35. The summed E-state index contributed by atoms with van der Waals surface area (Å²) in [7, 11) is 1.27. The van der Waals surface area contributed by atoms with E-state index in [9.17, 15) is 65.1 Å². The van der Waals surface area contributed by atoms with E-state index in [1.54, 1.807) is 48.5 Å². The molecule has 6 aliphatic heterocycles. The highest BCUT2D eigenvalue weighted by Gasteiger charge is 2.47. The van der Waals surface area contributed by atoms with Crippen LogP contribution in [0.2, 0.25) is 10.0 Å². The van der Waals surface area contributed by atoms with Crippen molar-refractivity contribution in [3.63, 3.8) is 0 Å². The van der Waals surface area contributed by atoms with Crippen LogP contribution in [0.25, 0.3) is 11.1 Å². The number of primary amides is 1. The Morgan fingerprint density at radius 1 is 0.663 bits per heavy atom. The monoisotopic (exact) mass is 1450 g/mol. The Hall–Kier alpha value is -9.77. The van der Waals surface area contributed by atoms with Crippen molar-refractivity contribution in [1.82, 2.24) is 42.1 Å². The van der Waals surface area contributed by atoms with Crippen LogP contribution in [-0.2, 0) is 47.8 Å². The molecule has 5 aromatic carbocycles. The zero-order valence-electron chi connectivity index (χ0n) is 55.4. The van der Waals surface area contributed by atoms with Crippen LogP contribution in [0.15, 0.2) is 78.9 Å². The van der Waals surface area contributed by atoms with Gasteiger partial charge in [0.2, 0.25) is 59.3 Å². The summed E-state index contributed by atoms with van der Waals surface area (Å²) in [5.74, 6) is -15.3. The maximum Gasteiger partial charge on any atom is 0.410 e. The summed E-state index contributed by atoms with van der Waals surface area (Å²) in [5, 5.41) is 119. The van der Waals surface area contributed by atoms with E-state index in [1.165, 1.54) is 19.2 Å². The quantitative estimate of drug-likeness (QED) is 0.0849. The molecule has 34 heteroatoms. The zero-order valence-corrected chi connectivity index (χ0v) is 56.9. The van der Waals surface area contributed by atoms with E-state index >= 15 is 24.0 Å². The second kappa shape index (κ2) is 30.6. The Bertz CT molecular complexity index is 4080. The molecule has 1 saturated heterocycles. The van der Waals surface area contributed by atoms with Crippen molar-refractivity contribution in [3.05, 3.63) is 117 Å². The molecular formula is C67H77Cl2N9O23. The normalized spacial score (nSPS) is 24.9. The Labute approximate surface area is 586 Å². The zero-order chi connectivity index (χ0) is 74.1. The predicted molar refractivity (Wildman–Crippen MR) is 353 cm³/mol. The first-order valence-corrected chi connectivity index (χ1v) is 32.4. The Morgan fingerprint density at radius 2 is 1.25 bits per heavy atom. The number of carbonyl (C=O) groups excluding carboxylic acids is 9. The van der Waals surface area contributed by atoms with Gasteiger partial charge in [-0.2, -0.15) is 0 Å². The van der Waals surface area contributed by atoms with Crippen LogP contribution in [0.5, 0.6) is 46.0 Å². The molecule has 0 spiro atoms. The first-order chi connectivity index (χ1) is 47.4. The molecule has 0 aliphatic carbocycles. The van der Waals surface area contributed by atoms with Crippen molar-refractivity contribution < 1.29 is 113 Å². The standard InChI is InChI=1S/C67H77Cl2N9O23/c1-25(2)15-37(78(8)66(96)101-67(5,6)7)59(90)76-50-52(84)28-10-13-40(34(68)17-28)97-42-19-30-20-43(57(42)100-65-56(88)55(87)54(86)44(24-79)99-65)98-41-14-11-29(18-35(41)69)53(85)51-64(95)75-49(62(93)71-26(3)4)33-21-31(80)22-39(82)46(33)32-16-27(9-12-38(32)81)47(60(91)77-51)74-61(92)48(30)73-58(89)36(23-45(70)83)72-63(50)94/h9-14,16-22,25-26,36-37,44,47-56,65,79-82,84-88H,15,23-24H2,1-8H3,(H2,70,83)(H,71,93)(H,72,94)(H,73,89)(H,74,92)(H,75,95)(H,76,90)(H,77,91)/t36?,37-,44-,47-,48?,49-,50?,51+,52-,53-,54-,55+,56-,65-/m1/s1.